The molecular formula is C10H12N4O2S2. The largest absolute Gasteiger partial charge is 0.316 e. The molecule has 96 valence electrons. The molecule has 1 aromatic carbocycles. The smallest absolute Gasteiger partial charge is 0.262 e. The molecule has 2 rings (SSSR count). The van der Waals surface area contributed by atoms with Gasteiger partial charge in [-0.25, -0.2) is 8.42 Å². The molecule has 0 fully saturated rings. The Labute approximate surface area is 109 Å². The first kappa shape index (κ1) is 12.9. The van der Waals surface area contributed by atoms with Crippen LogP contribution in [0.25, 0.3) is 0 Å². The van der Waals surface area contributed by atoms with Gasteiger partial charge in [-0.3, -0.25) is 4.72 Å². The summed E-state index contributed by atoms with van der Waals surface area (Å²) in [6, 6.07) is 6.69. The third-order valence-electron chi connectivity index (χ3n) is 2.21. The molecule has 0 aliphatic carbocycles. The van der Waals surface area contributed by atoms with Gasteiger partial charge in [0, 0.05) is 18.1 Å². The van der Waals surface area contributed by atoms with Crippen LogP contribution in [0.1, 0.15) is 5.56 Å². The van der Waals surface area contributed by atoms with E-state index in [2.05, 4.69) is 19.6 Å². The molecular weight excluding hydrogens is 272 g/mol. The highest BCUT2D eigenvalue weighted by molar-refractivity contribution is 7.93. The first-order chi connectivity index (χ1) is 8.62. The fourth-order valence-corrected chi connectivity index (χ4v) is 3.08. The van der Waals surface area contributed by atoms with Crippen LogP contribution in [0, 0.1) is 0 Å². The highest BCUT2D eigenvalue weighted by Crippen LogP contribution is 2.17. The molecule has 0 unspecified atom stereocenters. The molecule has 1 heterocycles. The number of aromatic nitrogens is 2. The van der Waals surface area contributed by atoms with E-state index in [0.717, 1.165) is 17.1 Å². The van der Waals surface area contributed by atoms with Crippen molar-refractivity contribution in [3.05, 3.63) is 36.0 Å². The van der Waals surface area contributed by atoms with Gasteiger partial charge in [0.05, 0.1) is 11.1 Å². The lowest BCUT2D eigenvalue weighted by molar-refractivity contribution is 0.601. The zero-order chi connectivity index (χ0) is 13.0. The van der Waals surface area contributed by atoms with Crippen molar-refractivity contribution in [2.24, 2.45) is 0 Å². The number of nitrogens with one attached hydrogen (secondary N) is 2. The highest BCUT2D eigenvalue weighted by atomic mass is 32.2. The fraction of sp³-hybridized carbons (Fsp3) is 0.200. The van der Waals surface area contributed by atoms with Gasteiger partial charge in [0.1, 0.15) is 5.00 Å². The first-order valence-electron chi connectivity index (χ1n) is 5.15. The van der Waals surface area contributed by atoms with Crippen LogP contribution >= 0.6 is 11.5 Å². The minimum Gasteiger partial charge on any atom is -0.316 e. The molecule has 2 N–H and O–H groups in total. The Bertz CT molecular complexity index is 593. The van der Waals surface area contributed by atoms with Crippen LogP contribution in [-0.2, 0) is 16.6 Å². The lowest BCUT2D eigenvalue weighted by atomic mass is 10.2. The van der Waals surface area contributed by atoms with Crippen LogP contribution in [0.3, 0.4) is 0 Å². The maximum atomic E-state index is 12.0. The molecule has 0 bridgehead atoms. The van der Waals surface area contributed by atoms with Crippen molar-refractivity contribution < 1.29 is 8.42 Å². The molecule has 0 radical (unpaired) electrons. The second kappa shape index (κ2) is 5.42. The fourth-order valence-electron chi connectivity index (χ4n) is 1.39. The number of benzene rings is 1. The van der Waals surface area contributed by atoms with E-state index >= 15 is 0 Å². The van der Waals surface area contributed by atoms with Crippen LogP contribution in [0.2, 0.25) is 0 Å². The summed E-state index contributed by atoms with van der Waals surface area (Å²) in [6.45, 7) is 0.701. The molecule has 0 aliphatic heterocycles. The van der Waals surface area contributed by atoms with Gasteiger partial charge in [-0.05, 0) is 24.7 Å². The zero-order valence-corrected chi connectivity index (χ0v) is 11.3. The van der Waals surface area contributed by atoms with Gasteiger partial charge in [-0.15, -0.1) is 5.10 Å². The maximum Gasteiger partial charge on any atom is 0.262 e. The molecule has 0 amide bonds. The van der Waals surface area contributed by atoms with Crippen LogP contribution in [0.5, 0.6) is 0 Å². The van der Waals surface area contributed by atoms with Crippen molar-refractivity contribution in [2.75, 3.05) is 11.8 Å². The number of anilines is 1. The van der Waals surface area contributed by atoms with Crippen LogP contribution < -0.4 is 10.0 Å². The minimum absolute atomic E-state index is 0.218. The van der Waals surface area contributed by atoms with Gasteiger partial charge in [0.15, 0.2) is 0 Å². The Balaban J connectivity index is 2.19. The predicted molar refractivity (Wildman–Crippen MR) is 69.9 cm³/mol. The molecule has 1 aromatic heterocycles. The Hall–Kier alpha value is -1.51. The van der Waals surface area contributed by atoms with E-state index in [4.69, 9.17) is 0 Å². The summed E-state index contributed by atoms with van der Waals surface area (Å²) in [7, 11) is -1.72. The van der Waals surface area contributed by atoms with Gasteiger partial charge >= 0.3 is 0 Å². The van der Waals surface area contributed by atoms with Crippen LogP contribution in [0.15, 0.2) is 35.4 Å². The Morgan fingerprint density at radius 2 is 2.00 bits per heavy atom. The number of rotatable bonds is 5. The van der Waals surface area contributed by atoms with E-state index in [1.807, 2.05) is 7.05 Å². The Morgan fingerprint density at radius 1 is 1.28 bits per heavy atom. The van der Waals surface area contributed by atoms with Gasteiger partial charge in [0.25, 0.3) is 10.0 Å². The van der Waals surface area contributed by atoms with Crippen molar-refractivity contribution in [3.8, 4) is 0 Å². The van der Waals surface area contributed by atoms with Gasteiger partial charge in [0.2, 0.25) is 0 Å². The third kappa shape index (κ3) is 3.03. The first-order valence-corrected chi connectivity index (χ1v) is 7.41. The lowest BCUT2D eigenvalue weighted by Crippen LogP contribution is -2.12. The zero-order valence-electron chi connectivity index (χ0n) is 9.62. The van der Waals surface area contributed by atoms with Crippen molar-refractivity contribution in [1.82, 2.24) is 14.9 Å². The van der Waals surface area contributed by atoms with Crippen molar-refractivity contribution >= 4 is 26.6 Å². The molecule has 8 heteroatoms. The summed E-state index contributed by atoms with van der Waals surface area (Å²) in [5, 5.41) is 6.97. The molecule has 6 nitrogen and oxygen atoms in total. The quantitative estimate of drug-likeness (QED) is 0.857. The Morgan fingerprint density at radius 3 is 2.56 bits per heavy atom. The summed E-state index contributed by atoms with van der Waals surface area (Å²) < 4.78 is 30.0. The topological polar surface area (TPSA) is 84.0 Å². The maximum absolute atomic E-state index is 12.0. The second-order valence-electron chi connectivity index (χ2n) is 3.56. The molecule has 0 aliphatic rings. The van der Waals surface area contributed by atoms with E-state index in [1.54, 1.807) is 24.3 Å². The van der Waals surface area contributed by atoms with E-state index in [1.165, 1.54) is 6.20 Å². The monoisotopic (exact) mass is 284 g/mol. The molecule has 0 spiro atoms. The van der Waals surface area contributed by atoms with E-state index in [0.29, 0.717) is 11.5 Å². The number of sulfonamides is 1. The molecule has 18 heavy (non-hydrogen) atoms. The van der Waals surface area contributed by atoms with Gasteiger partial charge in [-0.2, -0.15) is 0 Å². The van der Waals surface area contributed by atoms with Gasteiger partial charge in [-0.1, -0.05) is 16.6 Å². The van der Waals surface area contributed by atoms with E-state index in [-0.39, 0.29) is 4.90 Å². The average molecular weight is 284 g/mol. The van der Waals surface area contributed by atoms with Crippen LogP contribution in [-0.4, -0.2) is 25.1 Å². The Kier molecular flexibility index (Phi) is 3.90. The molecule has 0 atom stereocenters. The summed E-state index contributed by atoms with van der Waals surface area (Å²) in [6.07, 6.45) is 1.37. The third-order valence-corrected chi connectivity index (χ3v) is 4.30. The van der Waals surface area contributed by atoms with E-state index in [9.17, 15) is 8.42 Å². The SMILES string of the molecule is CNCc1ccc(S(=O)(=O)Nc2cnns2)cc1. The molecule has 0 saturated carbocycles. The second-order valence-corrected chi connectivity index (χ2v) is 6.03. The van der Waals surface area contributed by atoms with E-state index < -0.39 is 10.0 Å². The minimum atomic E-state index is -3.55. The summed E-state index contributed by atoms with van der Waals surface area (Å²) in [5.74, 6) is 0. The standard InChI is InChI=1S/C10H12N4O2S2/c1-11-6-8-2-4-9(5-3-8)18(15,16)13-10-7-12-14-17-10/h2-5,7,11,13H,6H2,1H3. The lowest BCUT2D eigenvalue weighted by Gasteiger charge is -2.06. The van der Waals surface area contributed by atoms with Crippen molar-refractivity contribution in [1.29, 1.82) is 0 Å². The summed E-state index contributed by atoms with van der Waals surface area (Å²) >= 11 is 0.994. The summed E-state index contributed by atoms with van der Waals surface area (Å²) in [4.78, 5) is 0.218. The number of nitrogens with zero attached hydrogens (tertiary/aromatic N) is 2. The number of hydrogen-bond donors (Lipinski definition) is 2. The highest BCUT2D eigenvalue weighted by Gasteiger charge is 2.14. The van der Waals surface area contributed by atoms with Crippen LogP contribution in [0.4, 0.5) is 5.00 Å². The summed E-state index contributed by atoms with van der Waals surface area (Å²) in [5.41, 5.74) is 1.02. The normalized spacial score (nSPS) is 11.4. The van der Waals surface area contributed by atoms with Crippen molar-refractivity contribution in [3.63, 3.8) is 0 Å². The molecule has 0 saturated heterocycles. The van der Waals surface area contributed by atoms with Gasteiger partial charge < -0.3 is 5.32 Å². The average Bonchev–Trinajstić information content (AvgIpc) is 2.82. The number of hydrogen-bond acceptors (Lipinski definition) is 6. The predicted octanol–water partition coefficient (Wildman–Crippen LogP) is 1.06. The molecule has 2 aromatic rings. The van der Waals surface area contributed by atoms with Crippen molar-refractivity contribution in [2.45, 2.75) is 11.4 Å².